The quantitative estimate of drug-likeness (QED) is 0.385. The van der Waals surface area contributed by atoms with E-state index in [9.17, 15) is 14.9 Å². The van der Waals surface area contributed by atoms with Gasteiger partial charge in [0.15, 0.2) is 5.11 Å². The zero-order valence-corrected chi connectivity index (χ0v) is 13.7. The molecule has 0 heterocycles. The van der Waals surface area contributed by atoms with Crippen molar-refractivity contribution in [3.8, 4) is 0 Å². The lowest BCUT2D eigenvalue weighted by atomic mass is 10.1. The molecule has 0 radical (unpaired) electrons. The number of hydrogen-bond donors (Lipinski definition) is 2. The number of anilines is 1. The zero-order chi connectivity index (χ0) is 17.5. The molecule has 2 aromatic carbocycles. The van der Waals surface area contributed by atoms with Crippen molar-refractivity contribution < 1.29 is 9.72 Å². The molecule has 2 rings (SSSR count). The Kier molecular flexibility index (Phi) is 5.75. The lowest BCUT2D eigenvalue weighted by molar-refractivity contribution is -0.384. The first-order valence-corrected chi connectivity index (χ1v) is 7.46. The summed E-state index contributed by atoms with van der Waals surface area (Å²) < 4.78 is 0. The fourth-order valence-corrected chi connectivity index (χ4v) is 2.05. The Morgan fingerprint density at radius 3 is 2.33 bits per heavy atom. The van der Waals surface area contributed by atoms with Crippen LogP contribution in [0.1, 0.15) is 11.1 Å². The highest BCUT2D eigenvalue weighted by atomic mass is 32.1. The monoisotopic (exact) mass is 341 g/mol. The minimum Gasteiger partial charge on any atom is -0.332 e. The van der Waals surface area contributed by atoms with E-state index in [2.05, 4.69) is 10.6 Å². The van der Waals surface area contributed by atoms with Gasteiger partial charge in [0.25, 0.3) is 5.69 Å². The molecule has 1 amide bonds. The van der Waals surface area contributed by atoms with E-state index >= 15 is 0 Å². The van der Waals surface area contributed by atoms with Crippen molar-refractivity contribution in [2.75, 3.05) is 5.32 Å². The van der Waals surface area contributed by atoms with Gasteiger partial charge in [0.05, 0.1) is 4.92 Å². The van der Waals surface area contributed by atoms with Crippen LogP contribution in [0.15, 0.2) is 54.6 Å². The van der Waals surface area contributed by atoms with Crippen molar-refractivity contribution in [1.82, 2.24) is 5.32 Å². The van der Waals surface area contributed by atoms with Crippen LogP contribution in [-0.2, 0) is 4.79 Å². The molecule has 0 aliphatic heterocycles. The summed E-state index contributed by atoms with van der Waals surface area (Å²) in [6.45, 7) is 1.99. The smallest absolute Gasteiger partial charge is 0.269 e. The maximum Gasteiger partial charge on any atom is 0.269 e. The molecule has 0 saturated heterocycles. The van der Waals surface area contributed by atoms with Gasteiger partial charge in [-0.1, -0.05) is 29.8 Å². The van der Waals surface area contributed by atoms with Crippen molar-refractivity contribution >= 4 is 40.7 Å². The zero-order valence-electron chi connectivity index (χ0n) is 12.9. The van der Waals surface area contributed by atoms with Crippen molar-refractivity contribution in [1.29, 1.82) is 0 Å². The highest BCUT2D eigenvalue weighted by Gasteiger charge is 2.05. The molecule has 2 aromatic rings. The lowest BCUT2D eigenvalue weighted by Crippen LogP contribution is -2.32. The molecule has 0 fully saturated rings. The van der Waals surface area contributed by atoms with E-state index in [1.54, 1.807) is 6.08 Å². The van der Waals surface area contributed by atoms with Gasteiger partial charge in [-0.3, -0.25) is 20.2 Å². The van der Waals surface area contributed by atoms with Gasteiger partial charge in [-0.2, -0.15) is 0 Å². The van der Waals surface area contributed by atoms with Crippen LogP contribution < -0.4 is 10.6 Å². The van der Waals surface area contributed by atoms with Crippen LogP contribution in [0.5, 0.6) is 0 Å². The van der Waals surface area contributed by atoms with Gasteiger partial charge in [-0.25, -0.2) is 0 Å². The predicted octanol–water partition coefficient (Wildman–Crippen LogP) is 3.43. The fraction of sp³-hybridized carbons (Fsp3) is 0.0588. The predicted molar refractivity (Wildman–Crippen MR) is 97.7 cm³/mol. The average Bonchev–Trinajstić information content (AvgIpc) is 2.54. The number of aryl methyl sites for hydroxylation is 1. The Labute approximate surface area is 144 Å². The van der Waals surface area contributed by atoms with Crippen LogP contribution in [0.2, 0.25) is 0 Å². The summed E-state index contributed by atoms with van der Waals surface area (Å²) in [5, 5.41) is 16.0. The molecule has 0 atom stereocenters. The summed E-state index contributed by atoms with van der Waals surface area (Å²) >= 11 is 5.03. The van der Waals surface area contributed by atoms with E-state index in [1.165, 1.54) is 30.3 Å². The highest BCUT2D eigenvalue weighted by molar-refractivity contribution is 7.80. The number of nitro groups is 1. The summed E-state index contributed by atoms with van der Waals surface area (Å²) in [6, 6.07) is 13.5. The molecule has 122 valence electrons. The standard InChI is InChI=1S/C17H15N3O3S/c1-12-2-4-13(5-3-12)6-11-16(21)19-17(24)18-14-7-9-15(10-8-14)20(22)23/h2-11H,1H3,(H2,18,19,21,24). The molecule has 7 heteroatoms. The summed E-state index contributed by atoms with van der Waals surface area (Å²) in [5.41, 5.74) is 2.58. The fourth-order valence-electron chi connectivity index (χ4n) is 1.83. The molecule has 0 aliphatic rings. The van der Waals surface area contributed by atoms with Crippen molar-refractivity contribution in [2.45, 2.75) is 6.92 Å². The van der Waals surface area contributed by atoms with Gasteiger partial charge in [0, 0.05) is 23.9 Å². The number of amides is 1. The Morgan fingerprint density at radius 1 is 1.12 bits per heavy atom. The average molecular weight is 341 g/mol. The van der Waals surface area contributed by atoms with Crippen LogP contribution in [0.4, 0.5) is 11.4 Å². The molecule has 0 bridgehead atoms. The number of thiocarbonyl (C=S) groups is 1. The number of benzene rings is 2. The number of nitrogens with one attached hydrogen (secondary N) is 2. The molecular weight excluding hydrogens is 326 g/mol. The van der Waals surface area contributed by atoms with Crippen molar-refractivity contribution in [3.05, 3.63) is 75.8 Å². The molecule has 24 heavy (non-hydrogen) atoms. The third-order valence-corrected chi connectivity index (χ3v) is 3.28. The van der Waals surface area contributed by atoms with Crippen LogP contribution in [-0.4, -0.2) is 15.9 Å². The van der Waals surface area contributed by atoms with Crippen LogP contribution in [0, 0.1) is 17.0 Å². The number of rotatable bonds is 4. The Morgan fingerprint density at radius 2 is 1.75 bits per heavy atom. The molecule has 0 aliphatic carbocycles. The number of nitro benzene ring substituents is 1. The number of carbonyl (C=O) groups excluding carboxylic acids is 1. The van der Waals surface area contributed by atoms with E-state index in [0.717, 1.165) is 11.1 Å². The molecule has 0 unspecified atom stereocenters. The SMILES string of the molecule is Cc1ccc(C=CC(=O)NC(=S)Nc2ccc([N+](=O)[O-])cc2)cc1. The van der Waals surface area contributed by atoms with E-state index in [4.69, 9.17) is 12.2 Å². The van der Waals surface area contributed by atoms with Crippen molar-refractivity contribution in [2.24, 2.45) is 0 Å². The normalized spacial score (nSPS) is 10.4. The second-order valence-electron chi connectivity index (χ2n) is 4.99. The summed E-state index contributed by atoms with van der Waals surface area (Å²) in [4.78, 5) is 21.9. The first kappa shape index (κ1) is 17.3. The Hall–Kier alpha value is -3.06. The largest absolute Gasteiger partial charge is 0.332 e. The second kappa shape index (κ2) is 7.98. The van der Waals surface area contributed by atoms with E-state index in [0.29, 0.717) is 5.69 Å². The van der Waals surface area contributed by atoms with E-state index in [-0.39, 0.29) is 16.7 Å². The van der Waals surface area contributed by atoms with Gasteiger partial charge in [-0.05, 0) is 42.9 Å². The first-order valence-electron chi connectivity index (χ1n) is 7.05. The summed E-state index contributed by atoms with van der Waals surface area (Å²) in [7, 11) is 0. The Balaban J connectivity index is 1.88. The van der Waals surface area contributed by atoms with Gasteiger partial charge in [0.1, 0.15) is 0 Å². The third-order valence-electron chi connectivity index (χ3n) is 3.08. The van der Waals surface area contributed by atoms with Crippen LogP contribution in [0.25, 0.3) is 6.08 Å². The second-order valence-corrected chi connectivity index (χ2v) is 5.40. The number of nitrogens with zero attached hydrogens (tertiary/aromatic N) is 1. The van der Waals surface area contributed by atoms with Crippen molar-refractivity contribution in [3.63, 3.8) is 0 Å². The minimum absolute atomic E-state index is 0.0171. The number of carbonyl (C=O) groups is 1. The maximum atomic E-state index is 11.8. The number of hydrogen-bond acceptors (Lipinski definition) is 4. The Bertz CT molecular complexity index is 784. The van der Waals surface area contributed by atoms with E-state index in [1.807, 2.05) is 31.2 Å². The molecule has 6 nitrogen and oxygen atoms in total. The third kappa shape index (κ3) is 5.29. The van der Waals surface area contributed by atoms with Crippen LogP contribution in [0.3, 0.4) is 0 Å². The molecule has 2 N–H and O–H groups in total. The van der Waals surface area contributed by atoms with Gasteiger partial charge < -0.3 is 5.32 Å². The highest BCUT2D eigenvalue weighted by Crippen LogP contribution is 2.15. The molecule has 0 aromatic heterocycles. The molecule has 0 saturated carbocycles. The maximum absolute atomic E-state index is 11.8. The first-order chi connectivity index (χ1) is 11.4. The number of non-ortho nitro benzene ring substituents is 1. The molecular formula is C17H15N3O3S. The lowest BCUT2D eigenvalue weighted by Gasteiger charge is -2.07. The van der Waals surface area contributed by atoms with Gasteiger partial charge in [0.2, 0.25) is 5.91 Å². The van der Waals surface area contributed by atoms with Gasteiger partial charge in [-0.15, -0.1) is 0 Å². The topological polar surface area (TPSA) is 84.3 Å². The van der Waals surface area contributed by atoms with Gasteiger partial charge >= 0.3 is 0 Å². The molecule has 0 spiro atoms. The minimum atomic E-state index is -0.486. The van der Waals surface area contributed by atoms with E-state index < -0.39 is 4.92 Å². The van der Waals surface area contributed by atoms with Crippen LogP contribution >= 0.6 is 12.2 Å². The summed E-state index contributed by atoms with van der Waals surface area (Å²) in [6.07, 6.45) is 3.07. The summed E-state index contributed by atoms with van der Waals surface area (Å²) in [5.74, 6) is -0.366.